The summed E-state index contributed by atoms with van der Waals surface area (Å²) in [5.41, 5.74) is 8.64. The first-order valence-corrected chi connectivity index (χ1v) is 5.02. The zero-order valence-electron chi connectivity index (χ0n) is 9.99. The van der Waals surface area contributed by atoms with Crippen LogP contribution in [0.3, 0.4) is 0 Å². The predicted molar refractivity (Wildman–Crippen MR) is 60.9 cm³/mol. The van der Waals surface area contributed by atoms with E-state index in [1.165, 1.54) is 33.3 Å². The van der Waals surface area contributed by atoms with Crippen molar-refractivity contribution < 1.29 is 1.37 Å². The Morgan fingerprint density at radius 3 is 2.31 bits per heavy atom. The second-order valence-electron chi connectivity index (χ2n) is 4.15. The summed E-state index contributed by atoms with van der Waals surface area (Å²) in [7, 11) is 2.21. The second-order valence-corrected chi connectivity index (χ2v) is 4.15. The van der Waals surface area contributed by atoms with Crippen LogP contribution < -0.4 is 5.46 Å². The van der Waals surface area contributed by atoms with Crippen LogP contribution in [0, 0.1) is 20.8 Å². The molecule has 2 rings (SSSR count). The first-order valence-electron chi connectivity index (χ1n) is 5.60. The largest absolute Gasteiger partial charge is 0.140 e. The summed E-state index contributed by atoms with van der Waals surface area (Å²) in [6.45, 7) is 6.61. The maximum Gasteiger partial charge on any atom is 0.140 e. The molecule has 0 N–H and O–H groups in total. The van der Waals surface area contributed by atoms with Crippen molar-refractivity contribution in [3.8, 4) is 0 Å². The average Bonchev–Trinajstić information content (AvgIpc) is 2.54. The normalized spacial score (nSPS) is 21.5. The van der Waals surface area contributed by atoms with Gasteiger partial charge in [0, 0.05) is 1.37 Å². The number of benzene rings is 1. The monoisotopic (exact) mass is 173 g/mol. The van der Waals surface area contributed by atoms with Gasteiger partial charge >= 0.3 is 0 Å². The molecule has 0 fully saturated rings. The van der Waals surface area contributed by atoms with Gasteiger partial charge in [-0.2, -0.15) is 0 Å². The predicted octanol–water partition coefficient (Wildman–Crippen LogP) is 1.36. The molecule has 0 nitrogen and oxygen atoms in total. The van der Waals surface area contributed by atoms with Gasteiger partial charge in [-0.3, -0.25) is 0 Å². The van der Waals surface area contributed by atoms with Gasteiger partial charge in [0.1, 0.15) is 7.85 Å². The Bertz CT molecular complexity index is 359. The molecular formula is C12H17B. The van der Waals surface area contributed by atoms with Crippen molar-refractivity contribution in [1.82, 2.24) is 0 Å². The summed E-state index contributed by atoms with van der Waals surface area (Å²) in [6, 6.07) is 0. The molecule has 0 saturated heterocycles. The fraction of sp³-hybridized carbons (Fsp3) is 0.500. The smallest absolute Gasteiger partial charge is 0.0824 e. The van der Waals surface area contributed by atoms with Gasteiger partial charge in [0.25, 0.3) is 0 Å². The maximum absolute atomic E-state index is 7.85. The van der Waals surface area contributed by atoms with Gasteiger partial charge in [-0.05, 0) is 56.7 Å². The third kappa shape index (κ3) is 1.13. The Morgan fingerprint density at radius 2 is 1.62 bits per heavy atom. The highest BCUT2D eigenvalue weighted by molar-refractivity contribution is 6.34. The quantitative estimate of drug-likeness (QED) is 0.519. The molecule has 0 amide bonds. The van der Waals surface area contributed by atoms with Gasteiger partial charge in [0.05, 0.1) is 0 Å². The lowest BCUT2D eigenvalue weighted by molar-refractivity contribution is 0.910. The zero-order valence-corrected chi connectivity index (χ0v) is 8.99. The molecule has 1 heteroatoms. The van der Waals surface area contributed by atoms with E-state index in [9.17, 15) is 0 Å². The Hall–Kier alpha value is -0.715. The fourth-order valence-electron chi connectivity index (χ4n) is 2.38. The molecule has 0 radical (unpaired) electrons. The molecule has 13 heavy (non-hydrogen) atoms. The lowest BCUT2D eigenvalue weighted by Crippen LogP contribution is -2.17. The van der Waals surface area contributed by atoms with Gasteiger partial charge in [0.15, 0.2) is 0 Å². The van der Waals surface area contributed by atoms with E-state index in [0.29, 0.717) is 0 Å². The number of hydrogen-bond acceptors (Lipinski definition) is 0. The van der Waals surface area contributed by atoms with E-state index < -0.39 is 0 Å². The first-order chi connectivity index (χ1) is 6.52. The van der Waals surface area contributed by atoms with E-state index in [-0.39, 0.29) is 6.40 Å². The molecule has 1 atom stereocenters. The maximum atomic E-state index is 7.85. The van der Waals surface area contributed by atoms with Crippen molar-refractivity contribution in [2.45, 2.75) is 40.0 Å². The molecule has 0 spiro atoms. The minimum absolute atomic E-state index is 0.101. The number of fused-ring (bicyclic) bond motifs is 1. The molecule has 0 bridgehead atoms. The Kier molecular flexibility index (Phi) is 1.71. The molecule has 1 aliphatic rings. The van der Waals surface area contributed by atoms with Crippen LogP contribution in [0.5, 0.6) is 0 Å². The van der Waals surface area contributed by atoms with Crippen molar-refractivity contribution in [2.24, 2.45) is 0 Å². The molecule has 0 heterocycles. The minimum Gasteiger partial charge on any atom is -0.0824 e. The summed E-state index contributed by atoms with van der Waals surface area (Å²) in [4.78, 5) is 0. The van der Waals surface area contributed by atoms with Gasteiger partial charge < -0.3 is 0 Å². The van der Waals surface area contributed by atoms with Crippen molar-refractivity contribution >= 4 is 13.3 Å². The summed E-state index contributed by atoms with van der Waals surface area (Å²) >= 11 is 0. The molecule has 1 aliphatic carbocycles. The van der Waals surface area contributed by atoms with Crippen LogP contribution in [-0.4, -0.2) is 7.85 Å². The van der Waals surface area contributed by atoms with E-state index in [4.69, 9.17) is 1.37 Å². The average molecular weight is 173 g/mol. The third-order valence-corrected chi connectivity index (χ3v) is 3.65. The van der Waals surface area contributed by atoms with E-state index in [1.807, 2.05) is 0 Å². The van der Waals surface area contributed by atoms with Gasteiger partial charge in [0.2, 0.25) is 0 Å². The number of hydrogen-bond donors (Lipinski definition) is 0. The van der Waals surface area contributed by atoms with Crippen LogP contribution in [0.2, 0.25) is 0 Å². The highest BCUT2D eigenvalue weighted by atomic mass is 14.2. The molecular weight excluding hydrogens is 155 g/mol. The van der Waals surface area contributed by atoms with Crippen LogP contribution in [0.1, 0.15) is 35.6 Å². The molecule has 68 valence electrons. The minimum atomic E-state index is 0.101. The lowest BCUT2D eigenvalue weighted by Gasteiger charge is -2.15. The highest BCUT2D eigenvalue weighted by Crippen LogP contribution is 2.27. The zero-order chi connectivity index (χ0) is 10.5. The molecule has 0 aliphatic heterocycles. The Labute approximate surface area is 83.2 Å². The molecule has 0 aromatic heterocycles. The molecule has 1 aromatic carbocycles. The molecule has 1 unspecified atom stereocenters. The summed E-state index contributed by atoms with van der Waals surface area (Å²) in [6.07, 6.45) is 2.02. The summed E-state index contributed by atoms with van der Waals surface area (Å²) in [5, 5.41) is 0. The molecule has 0 saturated carbocycles. The van der Waals surface area contributed by atoms with Crippen LogP contribution in [0.25, 0.3) is 0 Å². The third-order valence-electron chi connectivity index (χ3n) is 3.65. The van der Waals surface area contributed by atoms with Gasteiger partial charge in [-0.25, -0.2) is 0 Å². The van der Waals surface area contributed by atoms with E-state index in [0.717, 1.165) is 12.8 Å². The van der Waals surface area contributed by atoms with Gasteiger partial charge in [-0.1, -0.05) is 16.6 Å². The van der Waals surface area contributed by atoms with Crippen molar-refractivity contribution in [3.63, 3.8) is 0 Å². The lowest BCUT2D eigenvalue weighted by atomic mass is 9.80. The topological polar surface area (TPSA) is 0 Å². The second kappa shape index (κ2) is 2.90. The van der Waals surface area contributed by atoms with Crippen LogP contribution in [-0.2, 0) is 12.8 Å². The first kappa shape index (κ1) is 7.67. The SMILES string of the molecule is [2H]C1Cc2c(B)c(C)c(C)c(C)c2C1. The van der Waals surface area contributed by atoms with Crippen molar-refractivity contribution in [1.29, 1.82) is 0 Å². The van der Waals surface area contributed by atoms with Crippen LogP contribution in [0.4, 0.5) is 0 Å². The van der Waals surface area contributed by atoms with E-state index in [2.05, 4.69) is 28.6 Å². The molecule has 1 aromatic rings. The summed E-state index contributed by atoms with van der Waals surface area (Å²) in [5.74, 6) is 0. The van der Waals surface area contributed by atoms with Gasteiger partial charge in [-0.15, -0.1) is 0 Å². The van der Waals surface area contributed by atoms with E-state index >= 15 is 0 Å². The highest BCUT2D eigenvalue weighted by Gasteiger charge is 2.18. The van der Waals surface area contributed by atoms with Crippen LogP contribution >= 0.6 is 0 Å². The van der Waals surface area contributed by atoms with Crippen molar-refractivity contribution in [2.75, 3.05) is 0 Å². The van der Waals surface area contributed by atoms with Crippen LogP contribution in [0.15, 0.2) is 0 Å². The fourth-order valence-corrected chi connectivity index (χ4v) is 2.38. The van der Waals surface area contributed by atoms with E-state index in [1.54, 1.807) is 0 Å². The Balaban J connectivity index is 2.70. The van der Waals surface area contributed by atoms with Crippen molar-refractivity contribution in [3.05, 3.63) is 27.8 Å². The number of rotatable bonds is 0. The summed E-state index contributed by atoms with van der Waals surface area (Å²) < 4.78 is 7.85. The standard InChI is InChI=1S/C12H17B/c1-7-8(2)10-5-4-6-11(10)12(13)9(7)3/h4-6,13H2,1-3H3/i4D. The Morgan fingerprint density at radius 1 is 1.00 bits per heavy atom.